The minimum atomic E-state index is 0. The molecule has 0 spiro atoms. The van der Waals surface area contributed by atoms with E-state index in [9.17, 15) is 4.79 Å². The minimum absolute atomic E-state index is 0. The summed E-state index contributed by atoms with van der Waals surface area (Å²) in [5, 5.41) is 9.62. The fourth-order valence-electron chi connectivity index (χ4n) is 3.58. The number of halogens is 1. The topological polar surface area (TPSA) is 65.5 Å². The minimum Gasteiger partial charge on any atom is -0.356 e. The second kappa shape index (κ2) is 12.8. The molecular weight excluding hydrogens is 415 g/mol. The van der Waals surface area contributed by atoms with E-state index in [1.165, 1.54) is 32.1 Å². The van der Waals surface area contributed by atoms with Crippen LogP contribution in [0.1, 0.15) is 65.7 Å². The summed E-state index contributed by atoms with van der Waals surface area (Å²) in [6.45, 7) is 9.02. The molecular formula is C18H37IN4O. The van der Waals surface area contributed by atoms with E-state index in [1.807, 2.05) is 0 Å². The molecule has 0 aromatic heterocycles. The number of carbonyl (C=O) groups excluding carboxylic acids is 1. The Bertz CT molecular complexity index is 379. The van der Waals surface area contributed by atoms with Gasteiger partial charge in [0.25, 0.3) is 0 Å². The normalized spacial score (nSPS) is 16.6. The van der Waals surface area contributed by atoms with Crippen LogP contribution < -0.4 is 16.0 Å². The Balaban J connectivity index is 0.00000529. The van der Waals surface area contributed by atoms with Crippen molar-refractivity contribution in [3.8, 4) is 0 Å². The number of nitrogens with one attached hydrogen (secondary N) is 3. The van der Waals surface area contributed by atoms with E-state index < -0.39 is 0 Å². The fourth-order valence-corrected chi connectivity index (χ4v) is 3.58. The van der Waals surface area contributed by atoms with E-state index >= 15 is 0 Å². The summed E-state index contributed by atoms with van der Waals surface area (Å²) in [7, 11) is 1.79. The smallest absolute Gasteiger partial charge is 0.221 e. The molecule has 1 aliphatic carbocycles. The average Bonchev–Trinajstić information content (AvgIpc) is 2.96. The third-order valence-corrected chi connectivity index (χ3v) is 4.58. The van der Waals surface area contributed by atoms with Crippen molar-refractivity contribution in [2.45, 2.75) is 65.7 Å². The van der Waals surface area contributed by atoms with Crippen molar-refractivity contribution in [1.82, 2.24) is 16.0 Å². The molecule has 1 fully saturated rings. The number of amides is 1. The summed E-state index contributed by atoms with van der Waals surface area (Å²) in [6, 6.07) is 0. The van der Waals surface area contributed by atoms with E-state index in [0.717, 1.165) is 31.4 Å². The van der Waals surface area contributed by atoms with Crippen LogP contribution in [-0.4, -0.2) is 38.5 Å². The van der Waals surface area contributed by atoms with Gasteiger partial charge in [0.2, 0.25) is 5.91 Å². The Morgan fingerprint density at radius 2 is 1.79 bits per heavy atom. The summed E-state index contributed by atoms with van der Waals surface area (Å²) < 4.78 is 0. The van der Waals surface area contributed by atoms with Gasteiger partial charge in [-0.2, -0.15) is 0 Å². The fraction of sp³-hybridized carbons (Fsp3) is 0.889. The Morgan fingerprint density at radius 3 is 2.33 bits per heavy atom. The number of aliphatic imine (C=N–C) groups is 1. The number of carbonyl (C=O) groups is 1. The first-order valence-electron chi connectivity index (χ1n) is 9.22. The predicted octanol–water partition coefficient (Wildman–Crippen LogP) is 3.29. The lowest BCUT2D eigenvalue weighted by atomic mass is 9.78. The zero-order valence-corrected chi connectivity index (χ0v) is 18.2. The van der Waals surface area contributed by atoms with Crippen molar-refractivity contribution in [2.24, 2.45) is 16.3 Å². The number of hydrogen-bond acceptors (Lipinski definition) is 2. The largest absolute Gasteiger partial charge is 0.356 e. The third kappa shape index (κ3) is 9.08. The number of hydrogen-bond donors (Lipinski definition) is 3. The second-order valence-corrected chi connectivity index (χ2v) is 7.26. The Morgan fingerprint density at radius 1 is 1.12 bits per heavy atom. The van der Waals surface area contributed by atoms with E-state index in [4.69, 9.17) is 0 Å². The first-order chi connectivity index (χ1) is 11.0. The standard InChI is InChI=1S/C18H36N4O.HI/c1-5-11-20-16(23)8-12-21-17(19-4)22-14-18(13-15(2)3)9-6-7-10-18;/h15H,5-14H2,1-4H3,(H,20,23)(H2,19,21,22);1H. The molecule has 0 radical (unpaired) electrons. The van der Waals surface area contributed by atoms with Gasteiger partial charge in [0.15, 0.2) is 5.96 Å². The number of rotatable bonds is 9. The highest BCUT2D eigenvalue weighted by Gasteiger charge is 2.34. The lowest BCUT2D eigenvalue weighted by Crippen LogP contribution is -2.44. The van der Waals surface area contributed by atoms with Gasteiger partial charge in [0, 0.05) is 33.1 Å². The molecule has 24 heavy (non-hydrogen) atoms. The van der Waals surface area contributed by atoms with Gasteiger partial charge in [-0.15, -0.1) is 24.0 Å². The van der Waals surface area contributed by atoms with E-state index in [-0.39, 0.29) is 29.9 Å². The molecule has 3 N–H and O–H groups in total. The Kier molecular flexibility index (Phi) is 12.5. The lowest BCUT2D eigenvalue weighted by Gasteiger charge is -2.31. The van der Waals surface area contributed by atoms with Gasteiger partial charge in [0.05, 0.1) is 0 Å². The van der Waals surface area contributed by atoms with Crippen LogP contribution in [0.5, 0.6) is 0 Å². The van der Waals surface area contributed by atoms with Crippen LogP contribution in [0, 0.1) is 11.3 Å². The van der Waals surface area contributed by atoms with Crippen molar-refractivity contribution < 1.29 is 4.79 Å². The lowest BCUT2D eigenvalue weighted by molar-refractivity contribution is -0.120. The van der Waals surface area contributed by atoms with Crippen LogP contribution >= 0.6 is 24.0 Å². The van der Waals surface area contributed by atoms with Crippen LogP contribution in [0.2, 0.25) is 0 Å². The molecule has 0 atom stereocenters. The van der Waals surface area contributed by atoms with Gasteiger partial charge in [-0.3, -0.25) is 9.79 Å². The first-order valence-corrected chi connectivity index (χ1v) is 9.22. The summed E-state index contributed by atoms with van der Waals surface area (Å²) in [5.74, 6) is 1.64. The zero-order chi connectivity index (χ0) is 17.1. The van der Waals surface area contributed by atoms with Crippen molar-refractivity contribution >= 4 is 35.8 Å². The monoisotopic (exact) mass is 452 g/mol. The summed E-state index contributed by atoms with van der Waals surface area (Å²) in [6.07, 6.45) is 8.05. The maximum atomic E-state index is 11.6. The Labute approximate surface area is 165 Å². The molecule has 1 saturated carbocycles. The number of guanidine groups is 1. The van der Waals surface area contributed by atoms with Crippen molar-refractivity contribution in [3.05, 3.63) is 0 Å². The quantitative estimate of drug-likeness (QED) is 0.286. The molecule has 1 rings (SSSR count). The van der Waals surface area contributed by atoms with E-state index in [0.29, 0.717) is 18.4 Å². The Hall–Kier alpha value is -0.530. The van der Waals surface area contributed by atoms with Gasteiger partial charge in [-0.25, -0.2) is 0 Å². The molecule has 0 aliphatic heterocycles. The number of nitrogens with zero attached hydrogens (tertiary/aromatic N) is 1. The van der Waals surface area contributed by atoms with Crippen LogP contribution in [0.4, 0.5) is 0 Å². The first kappa shape index (κ1) is 23.5. The van der Waals surface area contributed by atoms with Crippen LogP contribution in [-0.2, 0) is 4.79 Å². The van der Waals surface area contributed by atoms with Gasteiger partial charge >= 0.3 is 0 Å². The predicted molar refractivity (Wildman–Crippen MR) is 113 cm³/mol. The molecule has 0 aromatic rings. The van der Waals surface area contributed by atoms with Crippen molar-refractivity contribution in [2.75, 3.05) is 26.7 Å². The maximum Gasteiger partial charge on any atom is 0.221 e. The molecule has 142 valence electrons. The molecule has 0 saturated heterocycles. The zero-order valence-electron chi connectivity index (χ0n) is 15.9. The van der Waals surface area contributed by atoms with E-state index in [1.54, 1.807) is 7.05 Å². The SMILES string of the molecule is CCCNC(=O)CCNC(=NC)NCC1(CC(C)C)CCCC1.I. The molecule has 6 heteroatoms. The van der Waals surface area contributed by atoms with Crippen molar-refractivity contribution in [3.63, 3.8) is 0 Å². The molecule has 1 amide bonds. The molecule has 0 heterocycles. The third-order valence-electron chi connectivity index (χ3n) is 4.58. The van der Waals surface area contributed by atoms with Crippen LogP contribution in [0.25, 0.3) is 0 Å². The van der Waals surface area contributed by atoms with Gasteiger partial charge in [-0.1, -0.05) is 33.6 Å². The highest BCUT2D eigenvalue weighted by atomic mass is 127. The van der Waals surface area contributed by atoms with Gasteiger partial charge < -0.3 is 16.0 Å². The summed E-state index contributed by atoms with van der Waals surface area (Å²) in [5.41, 5.74) is 0.421. The second-order valence-electron chi connectivity index (χ2n) is 7.26. The van der Waals surface area contributed by atoms with Crippen molar-refractivity contribution in [1.29, 1.82) is 0 Å². The maximum absolute atomic E-state index is 11.6. The molecule has 1 aliphatic rings. The van der Waals surface area contributed by atoms with Crippen LogP contribution in [0.15, 0.2) is 4.99 Å². The molecule has 0 unspecified atom stereocenters. The molecule has 5 nitrogen and oxygen atoms in total. The van der Waals surface area contributed by atoms with Gasteiger partial charge in [-0.05, 0) is 37.0 Å². The summed E-state index contributed by atoms with van der Waals surface area (Å²) >= 11 is 0. The highest BCUT2D eigenvalue weighted by Crippen LogP contribution is 2.42. The molecule has 0 aromatic carbocycles. The average molecular weight is 452 g/mol. The van der Waals surface area contributed by atoms with Gasteiger partial charge in [0.1, 0.15) is 0 Å². The summed E-state index contributed by atoms with van der Waals surface area (Å²) in [4.78, 5) is 15.9. The van der Waals surface area contributed by atoms with Crippen LogP contribution in [0.3, 0.4) is 0 Å². The highest BCUT2D eigenvalue weighted by molar-refractivity contribution is 14.0. The molecule has 0 bridgehead atoms. The van der Waals surface area contributed by atoms with E-state index in [2.05, 4.69) is 41.7 Å².